The maximum Gasteiger partial charge on any atom is 0.375 e. The second-order valence-electron chi connectivity index (χ2n) is 6.89. The molecule has 1 fully saturated rings. The number of likely N-dealkylation sites (N-methyl/N-ethyl adjacent to an activating group) is 1. The molecule has 0 unspecified atom stereocenters. The fourth-order valence-corrected chi connectivity index (χ4v) is 5.14. The van der Waals surface area contributed by atoms with Gasteiger partial charge in [-0.25, -0.2) is 13.2 Å². The Hall–Kier alpha value is -2.39. The van der Waals surface area contributed by atoms with Crippen molar-refractivity contribution in [2.45, 2.75) is 32.1 Å². The number of carbonyl (C=O) groups excluding carboxylic acids is 2. The number of esters is 1. The van der Waals surface area contributed by atoms with Crippen LogP contribution in [0.5, 0.6) is 0 Å². The molecule has 3 rings (SSSR count). The lowest BCUT2D eigenvalue weighted by Gasteiger charge is -2.26. The van der Waals surface area contributed by atoms with E-state index in [0.717, 1.165) is 5.39 Å². The maximum atomic E-state index is 12.6. The van der Waals surface area contributed by atoms with Gasteiger partial charge in [-0.2, -0.15) is 0 Å². The summed E-state index contributed by atoms with van der Waals surface area (Å²) in [7, 11) is -0.0919. The molecular formula is C19H23NO7S. The number of carbonyl (C=O) groups is 2. The van der Waals surface area contributed by atoms with Crippen LogP contribution in [0, 0.1) is 0 Å². The Morgan fingerprint density at radius 2 is 2.04 bits per heavy atom. The normalized spacial score (nSPS) is 19.5. The summed E-state index contributed by atoms with van der Waals surface area (Å²) in [6.45, 7) is 1.61. The minimum Gasteiger partial charge on any atom is -0.449 e. The number of hydrogen-bond acceptors (Lipinski definition) is 7. The second-order valence-corrected chi connectivity index (χ2v) is 9.12. The number of hydrogen-bond donors (Lipinski definition) is 0. The third-order valence-corrected chi connectivity index (χ3v) is 6.66. The van der Waals surface area contributed by atoms with Gasteiger partial charge in [-0.3, -0.25) is 4.79 Å². The molecule has 2 atom stereocenters. The van der Waals surface area contributed by atoms with E-state index in [2.05, 4.69) is 0 Å². The summed E-state index contributed by atoms with van der Waals surface area (Å²) in [5.41, 5.74) is 1.08. The van der Waals surface area contributed by atoms with E-state index in [9.17, 15) is 18.0 Å². The van der Waals surface area contributed by atoms with Gasteiger partial charge in [-0.1, -0.05) is 18.2 Å². The molecule has 0 N–H and O–H groups in total. The van der Waals surface area contributed by atoms with E-state index in [-0.39, 0.29) is 23.9 Å². The molecular weight excluding hydrogens is 386 g/mol. The van der Waals surface area contributed by atoms with Gasteiger partial charge in [0, 0.05) is 31.1 Å². The molecule has 28 heavy (non-hydrogen) atoms. The molecule has 1 amide bonds. The molecule has 0 bridgehead atoms. The van der Waals surface area contributed by atoms with Crippen molar-refractivity contribution < 1.29 is 31.9 Å². The summed E-state index contributed by atoms with van der Waals surface area (Å²) in [4.78, 5) is 26.6. The van der Waals surface area contributed by atoms with Crippen LogP contribution in [0.1, 0.15) is 29.5 Å². The van der Waals surface area contributed by atoms with Crippen molar-refractivity contribution in [1.82, 2.24) is 4.90 Å². The molecule has 0 radical (unpaired) electrons. The van der Waals surface area contributed by atoms with Crippen LogP contribution in [0.4, 0.5) is 0 Å². The van der Waals surface area contributed by atoms with Gasteiger partial charge >= 0.3 is 5.97 Å². The topological polar surface area (TPSA) is 103 Å². The van der Waals surface area contributed by atoms with Crippen molar-refractivity contribution in [2.24, 2.45) is 0 Å². The number of rotatable bonds is 6. The van der Waals surface area contributed by atoms with Crippen LogP contribution >= 0.6 is 0 Å². The van der Waals surface area contributed by atoms with Crippen molar-refractivity contribution in [3.05, 3.63) is 35.6 Å². The standard InChI is InChI=1S/C19H23NO7S/c1-12(18(21)20(2)13-8-9-28(23,24)11-13)26-19(22)17-15(10-25-3)14-6-4-5-7-16(14)27-17/h4-7,12-13H,8-11H2,1-3H3/t12-,13+/m0/s1. The van der Waals surface area contributed by atoms with E-state index in [0.29, 0.717) is 17.6 Å². The third kappa shape index (κ3) is 4.05. The molecule has 9 heteroatoms. The predicted molar refractivity (Wildman–Crippen MR) is 102 cm³/mol. The van der Waals surface area contributed by atoms with Crippen LogP contribution in [-0.2, 0) is 30.7 Å². The molecule has 1 saturated heterocycles. The molecule has 0 saturated carbocycles. The number of fused-ring (bicyclic) bond motifs is 1. The van der Waals surface area contributed by atoms with Crippen LogP contribution in [-0.4, -0.2) is 63.0 Å². The molecule has 0 spiro atoms. The number of amides is 1. The predicted octanol–water partition coefficient (Wildman–Crippen LogP) is 1.77. The maximum absolute atomic E-state index is 12.6. The molecule has 1 aliphatic rings. The summed E-state index contributed by atoms with van der Waals surface area (Å²) < 4.78 is 39.4. The third-order valence-electron chi connectivity index (χ3n) is 4.91. The first-order chi connectivity index (χ1) is 13.2. The first kappa shape index (κ1) is 20.3. The largest absolute Gasteiger partial charge is 0.449 e. The van der Waals surface area contributed by atoms with Crippen molar-refractivity contribution >= 4 is 32.7 Å². The van der Waals surface area contributed by atoms with Crippen LogP contribution in [0.2, 0.25) is 0 Å². The van der Waals surface area contributed by atoms with Crippen LogP contribution in [0.25, 0.3) is 11.0 Å². The lowest BCUT2D eigenvalue weighted by atomic mass is 10.1. The highest BCUT2D eigenvalue weighted by molar-refractivity contribution is 7.91. The Labute approximate surface area is 163 Å². The van der Waals surface area contributed by atoms with E-state index in [4.69, 9.17) is 13.9 Å². The number of methoxy groups -OCH3 is 1. The zero-order chi connectivity index (χ0) is 20.5. The van der Waals surface area contributed by atoms with Gasteiger partial charge in [0.15, 0.2) is 15.9 Å². The molecule has 1 aromatic carbocycles. The molecule has 1 aliphatic heterocycles. The lowest BCUT2D eigenvalue weighted by molar-refractivity contribution is -0.140. The molecule has 0 aliphatic carbocycles. The second kappa shape index (κ2) is 7.92. The summed E-state index contributed by atoms with van der Waals surface area (Å²) in [5.74, 6) is -1.24. The van der Waals surface area contributed by atoms with Gasteiger partial charge in [-0.15, -0.1) is 0 Å². The smallest absolute Gasteiger partial charge is 0.375 e. The van der Waals surface area contributed by atoms with E-state index in [1.54, 1.807) is 12.1 Å². The van der Waals surface area contributed by atoms with Gasteiger partial charge in [0.1, 0.15) is 5.58 Å². The Morgan fingerprint density at radius 3 is 2.68 bits per heavy atom. The minimum absolute atomic E-state index is 0.00574. The highest BCUT2D eigenvalue weighted by Crippen LogP contribution is 2.27. The number of benzene rings is 1. The van der Waals surface area contributed by atoms with Crippen LogP contribution in [0.15, 0.2) is 28.7 Å². The van der Waals surface area contributed by atoms with Crippen molar-refractivity contribution in [2.75, 3.05) is 25.7 Å². The molecule has 1 aromatic heterocycles. The highest BCUT2D eigenvalue weighted by Gasteiger charge is 2.35. The highest BCUT2D eigenvalue weighted by atomic mass is 32.2. The van der Waals surface area contributed by atoms with E-state index < -0.39 is 33.9 Å². The van der Waals surface area contributed by atoms with E-state index in [1.807, 2.05) is 12.1 Å². The zero-order valence-electron chi connectivity index (χ0n) is 16.0. The molecule has 8 nitrogen and oxygen atoms in total. The first-order valence-electron chi connectivity index (χ1n) is 8.91. The monoisotopic (exact) mass is 409 g/mol. The van der Waals surface area contributed by atoms with Gasteiger partial charge in [0.25, 0.3) is 5.91 Å². The Bertz CT molecular complexity index is 995. The van der Waals surface area contributed by atoms with Crippen LogP contribution in [0.3, 0.4) is 0 Å². The Morgan fingerprint density at radius 1 is 1.32 bits per heavy atom. The van der Waals surface area contributed by atoms with Crippen molar-refractivity contribution in [1.29, 1.82) is 0 Å². The van der Waals surface area contributed by atoms with E-state index >= 15 is 0 Å². The quantitative estimate of drug-likeness (QED) is 0.670. The zero-order valence-corrected chi connectivity index (χ0v) is 16.8. The number of ether oxygens (including phenoxy) is 2. The molecule has 152 valence electrons. The summed E-state index contributed by atoms with van der Waals surface area (Å²) in [5, 5.41) is 0.739. The Balaban J connectivity index is 1.74. The number of nitrogens with zero attached hydrogens (tertiary/aromatic N) is 1. The Kier molecular flexibility index (Phi) is 5.76. The molecule has 2 heterocycles. The van der Waals surface area contributed by atoms with Gasteiger partial charge in [0.05, 0.1) is 18.1 Å². The average Bonchev–Trinajstić information content (AvgIpc) is 3.21. The van der Waals surface area contributed by atoms with Crippen LogP contribution < -0.4 is 0 Å². The fraction of sp³-hybridized carbons (Fsp3) is 0.474. The fourth-order valence-electron chi connectivity index (χ4n) is 3.36. The van der Waals surface area contributed by atoms with Gasteiger partial charge < -0.3 is 18.8 Å². The number of furan rings is 1. The minimum atomic E-state index is -3.12. The van der Waals surface area contributed by atoms with Crippen molar-refractivity contribution in [3.8, 4) is 0 Å². The summed E-state index contributed by atoms with van der Waals surface area (Å²) in [6, 6.07) is 6.74. The summed E-state index contributed by atoms with van der Waals surface area (Å²) >= 11 is 0. The average molecular weight is 409 g/mol. The molecule has 2 aromatic rings. The van der Waals surface area contributed by atoms with E-state index in [1.165, 1.54) is 26.0 Å². The summed E-state index contributed by atoms with van der Waals surface area (Å²) in [6.07, 6.45) is -0.698. The first-order valence-corrected chi connectivity index (χ1v) is 10.7. The number of sulfone groups is 1. The van der Waals surface area contributed by atoms with Crippen molar-refractivity contribution in [3.63, 3.8) is 0 Å². The lowest BCUT2D eigenvalue weighted by Crippen LogP contribution is -2.44. The number of para-hydroxylation sites is 1. The SMILES string of the molecule is COCc1c(C(=O)O[C@@H](C)C(=O)N(C)[C@@H]2CCS(=O)(=O)C2)oc2ccccc12. The van der Waals surface area contributed by atoms with Gasteiger partial charge in [0.2, 0.25) is 5.76 Å². The van der Waals surface area contributed by atoms with Gasteiger partial charge in [-0.05, 0) is 19.4 Å².